The molecular formula is C76H133N15O24. The molecule has 0 aromatic rings. The van der Waals surface area contributed by atoms with Crippen molar-refractivity contribution in [2.75, 3.05) is 40.4 Å². The molecule has 0 spiro atoms. The Morgan fingerprint density at radius 3 is 1.77 bits per heavy atom. The van der Waals surface area contributed by atoms with Gasteiger partial charge >= 0.3 is 17.9 Å². The first-order chi connectivity index (χ1) is 53.7. The van der Waals surface area contributed by atoms with Crippen molar-refractivity contribution in [2.45, 2.75) is 290 Å². The molecule has 2 saturated heterocycles. The van der Waals surface area contributed by atoms with E-state index in [1.165, 1.54) is 34.6 Å². The second-order valence-corrected chi connectivity index (χ2v) is 31.9. The third-order valence-corrected chi connectivity index (χ3v) is 21.9. The van der Waals surface area contributed by atoms with Crippen LogP contribution in [0.4, 0.5) is 0 Å². The maximum Gasteiger partial charge on any atom is 0.329 e. The number of aliphatic hydroxyl groups is 4. The molecule has 2 rings (SSSR count). The van der Waals surface area contributed by atoms with Crippen molar-refractivity contribution >= 4 is 94.7 Å². The minimum atomic E-state index is -2.73. The van der Waals surface area contributed by atoms with Gasteiger partial charge in [0.15, 0.2) is 6.10 Å². The number of carbonyl (C=O) groups is 16. The highest BCUT2D eigenvalue weighted by Crippen LogP contribution is 2.29. The maximum atomic E-state index is 15.5. The number of piperidine rings is 1. The number of carboxylic acids is 2. The Morgan fingerprint density at radius 2 is 1.23 bits per heavy atom. The largest absolute Gasteiger partial charge is 0.481 e. The number of ether oxygens (including phenoxy) is 2. The number of fused-ring (bicyclic) bond motifs is 1. The van der Waals surface area contributed by atoms with E-state index in [4.69, 9.17) is 32.4 Å². The molecule has 2 heterocycles. The zero-order valence-electron chi connectivity index (χ0n) is 69.3. The molecule has 115 heavy (non-hydrogen) atoms. The van der Waals surface area contributed by atoms with E-state index in [0.717, 1.165) is 36.8 Å². The van der Waals surface area contributed by atoms with Crippen molar-refractivity contribution in [3.8, 4) is 0 Å². The summed E-state index contributed by atoms with van der Waals surface area (Å²) in [5.74, 6) is -25.5. The zero-order chi connectivity index (χ0) is 87.7. The number of aliphatic carboxylic acids is 2. The van der Waals surface area contributed by atoms with E-state index in [-0.39, 0.29) is 82.8 Å². The number of nitrogens with two attached hydrogens (primary N) is 4. The summed E-state index contributed by atoms with van der Waals surface area (Å²) in [6.45, 7) is 19.6. The number of hydrogen-bond acceptors (Lipinski definition) is 24. The van der Waals surface area contributed by atoms with Gasteiger partial charge in [-0.15, -0.1) is 0 Å². The van der Waals surface area contributed by atoms with Gasteiger partial charge in [-0.2, -0.15) is 0 Å². The molecular weight excluding hydrogens is 1510 g/mol. The van der Waals surface area contributed by atoms with Gasteiger partial charge < -0.3 is 121 Å². The van der Waals surface area contributed by atoms with Crippen LogP contribution in [0, 0.1) is 53.3 Å². The number of hydrogen-bond donors (Lipinski definition) is 19. The van der Waals surface area contributed by atoms with Gasteiger partial charge in [-0.3, -0.25) is 71.9 Å². The van der Waals surface area contributed by atoms with E-state index in [1.807, 2.05) is 6.92 Å². The number of aliphatic hydroxyl groups excluding tert-OH is 4. The molecule has 0 radical (unpaired) electrons. The van der Waals surface area contributed by atoms with E-state index in [2.05, 4.69) is 61.7 Å². The molecule has 39 nitrogen and oxygen atoms in total. The molecule has 23 N–H and O–H groups in total. The Bertz CT molecular complexity index is 3280. The van der Waals surface area contributed by atoms with E-state index in [1.54, 1.807) is 34.6 Å². The van der Waals surface area contributed by atoms with Crippen LogP contribution in [0.5, 0.6) is 0 Å². The smallest absolute Gasteiger partial charge is 0.329 e. The Balaban J connectivity index is 3.09. The van der Waals surface area contributed by atoms with Crippen LogP contribution in [0.25, 0.3) is 0 Å². The summed E-state index contributed by atoms with van der Waals surface area (Å²) in [5, 5.41) is 88.2. The van der Waals surface area contributed by atoms with Gasteiger partial charge in [0.1, 0.15) is 72.6 Å². The third kappa shape index (κ3) is 32.3. The van der Waals surface area contributed by atoms with Crippen LogP contribution in [0.3, 0.4) is 0 Å². The molecule has 0 unspecified atom stereocenters. The summed E-state index contributed by atoms with van der Waals surface area (Å²) in [4.78, 5) is 230. The highest BCUT2D eigenvalue weighted by atomic mass is 16.5. The molecule has 2 aliphatic rings. The summed E-state index contributed by atoms with van der Waals surface area (Å²) in [6, 6.07) is -20.3. The van der Waals surface area contributed by atoms with Crippen LogP contribution in [-0.2, 0) is 86.2 Å². The fourth-order valence-corrected chi connectivity index (χ4v) is 13.9. The monoisotopic (exact) mass is 1640 g/mol. The Labute approximate surface area is 673 Å². The summed E-state index contributed by atoms with van der Waals surface area (Å²) in [6.07, 6.45) is -11.2. The van der Waals surface area contributed by atoms with Gasteiger partial charge in [0.25, 0.3) is 5.91 Å². The lowest BCUT2D eigenvalue weighted by Gasteiger charge is -2.39. The van der Waals surface area contributed by atoms with Gasteiger partial charge in [-0.05, 0) is 138 Å². The molecule has 0 saturated carbocycles. The first-order valence-corrected chi connectivity index (χ1v) is 39.9. The lowest BCUT2D eigenvalue weighted by molar-refractivity contribution is -0.168. The first kappa shape index (κ1) is 102. The fraction of sp³-hybridized carbons (Fsp3) is 0.789. The zero-order valence-corrected chi connectivity index (χ0v) is 69.3. The quantitative estimate of drug-likeness (QED) is 0.0264. The van der Waals surface area contributed by atoms with Crippen LogP contribution < -0.4 is 70.8 Å². The van der Waals surface area contributed by atoms with E-state index in [9.17, 15) is 88.2 Å². The number of likely N-dealkylation sites (N-methyl/N-ethyl adjacent to an activating group) is 1. The van der Waals surface area contributed by atoms with E-state index >= 15 is 19.2 Å². The van der Waals surface area contributed by atoms with Gasteiger partial charge in [0, 0.05) is 39.5 Å². The number of esters is 1. The molecule has 0 aromatic carbocycles. The molecule has 0 bridgehead atoms. The molecule has 13 amide bonds. The lowest BCUT2D eigenvalue weighted by atomic mass is 9.83. The molecule has 0 aliphatic carbocycles. The molecule has 23 atom stereocenters. The fourth-order valence-electron chi connectivity index (χ4n) is 13.9. The third-order valence-electron chi connectivity index (χ3n) is 21.9. The van der Waals surface area contributed by atoms with Crippen molar-refractivity contribution in [1.82, 2.24) is 57.7 Å². The topological polar surface area (TPSA) is 632 Å². The Kier molecular flexibility index (Phi) is 44.5. The van der Waals surface area contributed by atoms with E-state index < -0.39 is 266 Å². The number of amides is 13. The normalized spacial score (nSPS) is 24.5. The Morgan fingerprint density at radius 1 is 0.626 bits per heavy atom. The summed E-state index contributed by atoms with van der Waals surface area (Å²) >= 11 is 0. The van der Waals surface area contributed by atoms with Crippen molar-refractivity contribution in [3.63, 3.8) is 0 Å². The number of carbonyl (C=O) groups excluding carboxylic acids is 14. The lowest BCUT2D eigenvalue weighted by Crippen LogP contribution is -2.65. The second-order valence-electron chi connectivity index (χ2n) is 31.9. The average molecular weight is 1640 g/mol. The van der Waals surface area contributed by atoms with Crippen LogP contribution >= 0.6 is 0 Å². The van der Waals surface area contributed by atoms with Crippen LogP contribution in [0.2, 0.25) is 0 Å². The SMILES string of the molecule is CC[C@@H](C)C[C@@H](C)C[C@@H](C)[C@@H](O)[C@@H](C)C(=O)N[C@H](CCCN)C(=O)N[C@@H](CCC(=O)O)[C@@H](O)[C@@H](O)C(=O)N[C@H](C(=O)N[C@H]1C(=O)N[C@H](CO)C(=O)N[C@H](CCCN)C(=O)N[C@@H](CC(C)C)C(=O)N(C)[C@@H](CCC(N)=O)C(=O)N[C@@H]([C@@H](C)OC)C(=O)N[C@H](CC(=O)O)C(=O)N2CCCC[C@H]2C(=O)O[C@H]1[C@H](C)C(C)C)[C@@H](C)[C@@H](C)C(N)=O. The van der Waals surface area contributed by atoms with Crippen LogP contribution in [-0.4, -0.2) is 273 Å². The molecule has 2 fully saturated rings. The number of carboxylic acid groups (broad SMARTS) is 2. The van der Waals surface area contributed by atoms with Crippen LogP contribution in [0.15, 0.2) is 0 Å². The predicted octanol–water partition coefficient (Wildman–Crippen LogP) is -3.49. The Hall–Kier alpha value is -8.76. The minimum absolute atomic E-state index is 0.0130. The average Bonchev–Trinajstić information content (AvgIpc) is 1.06. The van der Waals surface area contributed by atoms with Crippen molar-refractivity contribution in [3.05, 3.63) is 0 Å². The first-order valence-electron chi connectivity index (χ1n) is 39.9. The van der Waals surface area contributed by atoms with Gasteiger partial charge in [0.05, 0.1) is 37.2 Å². The highest BCUT2D eigenvalue weighted by molar-refractivity contribution is 6.00. The predicted molar refractivity (Wildman–Crippen MR) is 416 cm³/mol. The van der Waals surface area contributed by atoms with Crippen molar-refractivity contribution in [2.24, 2.45) is 76.2 Å². The molecule has 39 heteroatoms. The number of cyclic esters (lactones) is 1. The molecule has 2 aliphatic heterocycles. The summed E-state index contributed by atoms with van der Waals surface area (Å²) in [5.41, 5.74) is 23.0. The van der Waals surface area contributed by atoms with Crippen molar-refractivity contribution in [1.29, 1.82) is 0 Å². The number of primary amides is 2. The van der Waals surface area contributed by atoms with Gasteiger partial charge in [-0.25, -0.2) is 4.79 Å². The number of nitrogens with zero attached hydrogens (tertiary/aromatic N) is 2. The maximum absolute atomic E-state index is 15.5. The number of methoxy groups -OCH3 is 1. The standard InChI is InChI=1S/C76H133N15O24/c1-16-38(6)32-39(7)33-40(8)60(98)44(12)65(102)82-47(21-19-28-77)66(103)81-46(24-27-55(94)95)61(99)62(100)73(110)87-57(42(10)43(11)64(80)101)70(107)89-59-63(41(9)37(4)5)115-76(113)53-23-17-18-30-91(53)75(112)50(34-56(96)97)85-71(108)58(45(13)114-15)88-69(106)52(25-26-54(79)93)90(14)74(111)49(31-36(2)3)84-67(104)48(22-20-29-78)83-68(105)51(35-92)86-72(59)109/h36-53,57-63,92,98-100H,16-35,77-78H2,1-15H3,(H2,79,93)(H2,80,101)(H,81,103)(H,82,102)(H,83,105)(H,84,104)(H,85,108)(H,86,109)(H,87,110)(H,88,106)(H,89,107)(H,94,95)(H,96,97)/t38-,39-,40-,41-,42+,43-,44-,45-,46+,47-,48-,49+,50-,51-,52+,53+,57+,58+,59-,60-,61-,62-,63+/m1/s1. The van der Waals surface area contributed by atoms with Gasteiger partial charge in [0.2, 0.25) is 70.9 Å². The number of nitrogens with one attached hydrogen (secondary N) is 9. The van der Waals surface area contributed by atoms with Gasteiger partial charge in [-0.1, -0.05) is 89.5 Å². The minimum Gasteiger partial charge on any atom is -0.481 e. The van der Waals surface area contributed by atoms with E-state index in [0.29, 0.717) is 12.3 Å². The molecule has 656 valence electrons. The van der Waals surface area contributed by atoms with Crippen LogP contribution in [0.1, 0.15) is 193 Å². The summed E-state index contributed by atoms with van der Waals surface area (Å²) < 4.78 is 11.7. The molecule has 0 aromatic heterocycles. The second kappa shape index (κ2) is 50.0. The highest BCUT2D eigenvalue weighted by Gasteiger charge is 2.48. The number of rotatable bonds is 41. The summed E-state index contributed by atoms with van der Waals surface area (Å²) in [7, 11) is 2.31. The van der Waals surface area contributed by atoms with Crippen molar-refractivity contribution < 1.29 is 117 Å².